The van der Waals surface area contributed by atoms with Crippen molar-refractivity contribution in [1.82, 2.24) is 15.3 Å². The van der Waals surface area contributed by atoms with E-state index in [1.165, 1.54) is 0 Å². The van der Waals surface area contributed by atoms with Gasteiger partial charge in [-0.3, -0.25) is 9.78 Å². The largest absolute Gasteiger partial charge is 0.386 e. The maximum absolute atomic E-state index is 12.0. The van der Waals surface area contributed by atoms with E-state index in [0.29, 0.717) is 12.1 Å². The molecule has 0 spiro atoms. The number of pyridine rings is 1. The average Bonchev–Trinajstić information content (AvgIpc) is 2.84. The summed E-state index contributed by atoms with van der Waals surface area (Å²) in [5.41, 5.74) is 2.35. The minimum absolute atomic E-state index is 0.0984. The average molecular weight is 276 g/mol. The van der Waals surface area contributed by atoms with Crippen LogP contribution in [-0.4, -0.2) is 29.5 Å². The Bertz CT molecular complexity index is 567. The number of aromatic nitrogens is 2. The molecule has 6 heteroatoms. The molecule has 100 valence electrons. The van der Waals surface area contributed by atoms with Gasteiger partial charge in [-0.05, 0) is 13.0 Å². The first-order chi connectivity index (χ1) is 9.20. The summed E-state index contributed by atoms with van der Waals surface area (Å²) in [6, 6.07) is 1.70. The van der Waals surface area contributed by atoms with E-state index in [4.69, 9.17) is 0 Å². The minimum atomic E-state index is -0.0984. The Morgan fingerprint density at radius 1 is 1.47 bits per heavy atom. The number of carbonyl (C=O) groups excluding carboxylic acids is 1. The van der Waals surface area contributed by atoms with Crippen molar-refractivity contribution in [3.8, 4) is 0 Å². The smallest absolute Gasteiger partial charge is 0.253 e. The molecule has 2 N–H and O–H groups in total. The molecule has 0 bridgehead atoms. The van der Waals surface area contributed by atoms with Crippen molar-refractivity contribution in [3.63, 3.8) is 0 Å². The Hall–Kier alpha value is -1.95. The number of nitrogens with one attached hydrogen (secondary N) is 2. The lowest BCUT2D eigenvalue weighted by Gasteiger charge is -2.08. The molecule has 2 heterocycles. The van der Waals surface area contributed by atoms with Gasteiger partial charge in [-0.2, -0.15) is 0 Å². The second-order valence-electron chi connectivity index (χ2n) is 4.04. The van der Waals surface area contributed by atoms with Crippen LogP contribution in [0.4, 0.5) is 5.69 Å². The predicted octanol–water partition coefficient (Wildman–Crippen LogP) is 1.86. The van der Waals surface area contributed by atoms with Gasteiger partial charge >= 0.3 is 0 Å². The Morgan fingerprint density at radius 3 is 3.00 bits per heavy atom. The first-order valence-electron chi connectivity index (χ1n) is 6.01. The Balaban J connectivity index is 1.90. The number of anilines is 1. The summed E-state index contributed by atoms with van der Waals surface area (Å²) in [6.45, 7) is 2.55. The first kappa shape index (κ1) is 13.5. The summed E-state index contributed by atoms with van der Waals surface area (Å²) in [7, 11) is 1.77. The van der Waals surface area contributed by atoms with E-state index in [2.05, 4.69) is 20.6 Å². The summed E-state index contributed by atoms with van der Waals surface area (Å²) >= 11 is 1.62. The van der Waals surface area contributed by atoms with Gasteiger partial charge in [0.2, 0.25) is 0 Å². The van der Waals surface area contributed by atoms with E-state index in [-0.39, 0.29) is 5.91 Å². The van der Waals surface area contributed by atoms with Gasteiger partial charge in [0, 0.05) is 31.6 Å². The number of amides is 1. The van der Waals surface area contributed by atoms with E-state index in [1.54, 1.807) is 36.8 Å². The fraction of sp³-hybridized carbons (Fsp3) is 0.308. The van der Waals surface area contributed by atoms with Crippen LogP contribution in [0, 0.1) is 6.92 Å². The molecule has 0 radical (unpaired) electrons. The van der Waals surface area contributed by atoms with E-state index in [9.17, 15) is 4.79 Å². The quantitative estimate of drug-likeness (QED) is 0.874. The van der Waals surface area contributed by atoms with Crippen molar-refractivity contribution >= 4 is 22.9 Å². The van der Waals surface area contributed by atoms with Gasteiger partial charge in [-0.15, -0.1) is 11.3 Å². The second-order valence-corrected chi connectivity index (χ2v) is 5.10. The van der Waals surface area contributed by atoms with Crippen LogP contribution >= 0.6 is 11.3 Å². The zero-order chi connectivity index (χ0) is 13.7. The topological polar surface area (TPSA) is 66.9 Å². The van der Waals surface area contributed by atoms with Gasteiger partial charge in [0.25, 0.3) is 5.91 Å². The number of rotatable bonds is 5. The van der Waals surface area contributed by atoms with Crippen molar-refractivity contribution in [2.45, 2.75) is 13.3 Å². The van der Waals surface area contributed by atoms with E-state index < -0.39 is 0 Å². The number of hydrogen-bond donors (Lipinski definition) is 2. The van der Waals surface area contributed by atoms with E-state index in [0.717, 1.165) is 22.8 Å². The summed E-state index contributed by atoms with van der Waals surface area (Å²) in [5, 5.41) is 8.91. The number of nitrogens with zero attached hydrogens (tertiary/aromatic N) is 2. The third-order valence-corrected chi connectivity index (χ3v) is 3.49. The second kappa shape index (κ2) is 6.29. The standard InChI is InChI=1S/C13H16N4OS/c1-9-17-10(8-19-9)3-6-16-13(18)11-4-5-15-7-12(11)14-2/h4-5,7-8,14H,3,6H2,1-2H3,(H,16,18). The fourth-order valence-electron chi connectivity index (χ4n) is 1.71. The maximum atomic E-state index is 12.0. The highest BCUT2D eigenvalue weighted by Crippen LogP contribution is 2.12. The Labute approximate surface area is 116 Å². The first-order valence-corrected chi connectivity index (χ1v) is 6.89. The highest BCUT2D eigenvalue weighted by atomic mass is 32.1. The van der Waals surface area contributed by atoms with Crippen LogP contribution < -0.4 is 10.6 Å². The van der Waals surface area contributed by atoms with Crippen LogP contribution in [0.15, 0.2) is 23.8 Å². The third-order valence-electron chi connectivity index (χ3n) is 2.67. The molecule has 5 nitrogen and oxygen atoms in total. The molecule has 0 unspecified atom stereocenters. The summed E-state index contributed by atoms with van der Waals surface area (Å²) < 4.78 is 0. The zero-order valence-corrected chi connectivity index (χ0v) is 11.8. The van der Waals surface area contributed by atoms with Crippen LogP contribution in [0.1, 0.15) is 21.1 Å². The lowest BCUT2D eigenvalue weighted by atomic mass is 10.2. The van der Waals surface area contributed by atoms with Gasteiger partial charge in [0.1, 0.15) is 0 Å². The molecule has 0 aliphatic rings. The van der Waals surface area contributed by atoms with Crippen molar-refractivity contribution in [1.29, 1.82) is 0 Å². The fourth-order valence-corrected chi connectivity index (χ4v) is 2.36. The Kier molecular flexibility index (Phi) is 4.46. The summed E-state index contributed by atoms with van der Waals surface area (Å²) in [6.07, 6.45) is 3.99. The minimum Gasteiger partial charge on any atom is -0.386 e. The normalized spacial score (nSPS) is 10.2. The Morgan fingerprint density at radius 2 is 2.32 bits per heavy atom. The highest BCUT2D eigenvalue weighted by molar-refractivity contribution is 7.09. The predicted molar refractivity (Wildman–Crippen MR) is 76.7 cm³/mol. The highest BCUT2D eigenvalue weighted by Gasteiger charge is 2.09. The van der Waals surface area contributed by atoms with Gasteiger partial charge in [-0.25, -0.2) is 4.98 Å². The third kappa shape index (κ3) is 3.51. The van der Waals surface area contributed by atoms with Crippen molar-refractivity contribution < 1.29 is 4.79 Å². The van der Waals surface area contributed by atoms with Crippen molar-refractivity contribution in [2.24, 2.45) is 0 Å². The van der Waals surface area contributed by atoms with Crippen molar-refractivity contribution in [3.05, 3.63) is 40.1 Å². The number of aryl methyl sites for hydroxylation is 1. The zero-order valence-electron chi connectivity index (χ0n) is 10.9. The molecular formula is C13H16N4OS. The van der Waals surface area contributed by atoms with Crippen LogP contribution in [0.2, 0.25) is 0 Å². The number of thiazole rings is 1. The van der Waals surface area contributed by atoms with Crippen molar-refractivity contribution in [2.75, 3.05) is 18.9 Å². The molecule has 0 aliphatic carbocycles. The molecule has 0 saturated heterocycles. The van der Waals surface area contributed by atoms with Gasteiger partial charge in [0.05, 0.1) is 28.1 Å². The summed E-state index contributed by atoms with van der Waals surface area (Å²) in [5.74, 6) is -0.0984. The van der Waals surface area contributed by atoms with Crippen LogP contribution in [0.5, 0.6) is 0 Å². The van der Waals surface area contributed by atoms with E-state index >= 15 is 0 Å². The monoisotopic (exact) mass is 276 g/mol. The maximum Gasteiger partial charge on any atom is 0.253 e. The molecule has 19 heavy (non-hydrogen) atoms. The molecule has 0 saturated carbocycles. The molecule has 2 rings (SSSR count). The molecular weight excluding hydrogens is 260 g/mol. The molecule has 1 amide bonds. The molecule has 0 aromatic carbocycles. The molecule has 2 aromatic rings. The number of hydrogen-bond acceptors (Lipinski definition) is 5. The molecule has 0 atom stereocenters. The van der Waals surface area contributed by atoms with Gasteiger partial charge in [0.15, 0.2) is 0 Å². The lowest BCUT2D eigenvalue weighted by molar-refractivity contribution is 0.0955. The van der Waals surface area contributed by atoms with E-state index in [1.807, 2.05) is 12.3 Å². The summed E-state index contributed by atoms with van der Waals surface area (Å²) in [4.78, 5) is 20.4. The molecule has 0 fully saturated rings. The van der Waals surface area contributed by atoms with Crippen LogP contribution in [0.25, 0.3) is 0 Å². The van der Waals surface area contributed by atoms with Crippen LogP contribution in [-0.2, 0) is 6.42 Å². The van der Waals surface area contributed by atoms with Gasteiger partial charge < -0.3 is 10.6 Å². The SMILES string of the molecule is CNc1cnccc1C(=O)NCCc1csc(C)n1. The molecule has 0 aliphatic heterocycles. The number of carbonyl (C=O) groups is 1. The van der Waals surface area contributed by atoms with Crippen LogP contribution in [0.3, 0.4) is 0 Å². The lowest BCUT2D eigenvalue weighted by Crippen LogP contribution is -2.26. The molecule has 2 aromatic heterocycles. The van der Waals surface area contributed by atoms with Gasteiger partial charge in [-0.1, -0.05) is 0 Å².